The van der Waals surface area contributed by atoms with Gasteiger partial charge in [0.2, 0.25) is 0 Å². The Morgan fingerprint density at radius 3 is 2.64 bits per heavy atom. The molecule has 0 heterocycles. The number of carbonyl (C=O) groups excluding carboxylic acids is 1. The van der Waals surface area contributed by atoms with Crippen molar-refractivity contribution in [1.82, 2.24) is 0 Å². The van der Waals surface area contributed by atoms with Crippen molar-refractivity contribution in [3.63, 3.8) is 0 Å². The zero-order valence-corrected chi connectivity index (χ0v) is 8.56. The average molecular weight is 196 g/mol. The van der Waals surface area contributed by atoms with Crippen molar-refractivity contribution in [3.8, 4) is 5.75 Å². The highest BCUT2D eigenvalue weighted by atomic mass is 19.1. The normalized spacial score (nSPS) is 10.0. The number of hydrogen-bond donors (Lipinski definition) is 0. The third-order valence-corrected chi connectivity index (χ3v) is 2.03. The fourth-order valence-electron chi connectivity index (χ4n) is 1.36. The van der Waals surface area contributed by atoms with Gasteiger partial charge in [0.1, 0.15) is 0 Å². The first-order valence-corrected chi connectivity index (χ1v) is 4.50. The van der Waals surface area contributed by atoms with E-state index in [2.05, 4.69) is 0 Å². The van der Waals surface area contributed by atoms with E-state index in [4.69, 9.17) is 4.74 Å². The molecule has 3 heteroatoms. The van der Waals surface area contributed by atoms with Crippen LogP contribution in [0.15, 0.2) is 12.1 Å². The van der Waals surface area contributed by atoms with E-state index in [1.165, 1.54) is 19.1 Å². The van der Waals surface area contributed by atoms with Gasteiger partial charge in [0.05, 0.1) is 6.61 Å². The van der Waals surface area contributed by atoms with E-state index in [9.17, 15) is 9.18 Å². The van der Waals surface area contributed by atoms with Crippen molar-refractivity contribution in [2.45, 2.75) is 20.8 Å². The number of Topliss-reactive ketones (excluding diaryl/α,β-unsaturated/α-hetero) is 1. The molecule has 76 valence electrons. The van der Waals surface area contributed by atoms with Crippen molar-refractivity contribution in [1.29, 1.82) is 0 Å². The van der Waals surface area contributed by atoms with Crippen LogP contribution in [0, 0.1) is 12.7 Å². The molecule has 0 aliphatic rings. The quantitative estimate of drug-likeness (QED) is 0.695. The molecule has 1 rings (SSSR count). The van der Waals surface area contributed by atoms with E-state index in [1.807, 2.05) is 0 Å². The lowest BCUT2D eigenvalue weighted by atomic mass is 10.0. The highest BCUT2D eigenvalue weighted by molar-refractivity contribution is 5.96. The molecule has 1 aromatic carbocycles. The van der Waals surface area contributed by atoms with Crippen LogP contribution in [0.4, 0.5) is 4.39 Å². The van der Waals surface area contributed by atoms with E-state index in [0.717, 1.165) is 0 Å². The Labute approximate surface area is 82.7 Å². The molecule has 14 heavy (non-hydrogen) atoms. The van der Waals surface area contributed by atoms with Gasteiger partial charge < -0.3 is 4.74 Å². The predicted molar refractivity (Wildman–Crippen MR) is 52.3 cm³/mol. The summed E-state index contributed by atoms with van der Waals surface area (Å²) >= 11 is 0. The Kier molecular flexibility index (Phi) is 3.23. The number of rotatable bonds is 3. The SMILES string of the molecule is CCOc1c(F)ccc(C(C)=O)c1C. The summed E-state index contributed by atoms with van der Waals surface area (Å²) in [7, 11) is 0. The minimum atomic E-state index is -0.422. The number of ether oxygens (including phenoxy) is 1. The lowest BCUT2D eigenvalue weighted by Crippen LogP contribution is -2.03. The molecule has 2 nitrogen and oxygen atoms in total. The Morgan fingerprint density at radius 1 is 1.50 bits per heavy atom. The Bertz CT molecular complexity index is 359. The summed E-state index contributed by atoms with van der Waals surface area (Å²) in [4.78, 5) is 11.2. The van der Waals surface area contributed by atoms with E-state index in [1.54, 1.807) is 13.8 Å². The van der Waals surface area contributed by atoms with Crippen LogP contribution in [-0.4, -0.2) is 12.4 Å². The summed E-state index contributed by atoms with van der Waals surface area (Å²) in [6, 6.07) is 2.74. The van der Waals surface area contributed by atoms with Gasteiger partial charge in [0, 0.05) is 11.1 Å². The second-order valence-electron chi connectivity index (χ2n) is 3.04. The molecule has 0 fully saturated rings. The van der Waals surface area contributed by atoms with Crippen molar-refractivity contribution in [2.24, 2.45) is 0 Å². The molecule has 0 atom stereocenters. The fourth-order valence-corrected chi connectivity index (χ4v) is 1.36. The molecule has 0 aliphatic heterocycles. The summed E-state index contributed by atoms with van der Waals surface area (Å²) in [5, 5.41) is 0. The van der Waals surface area contributed by atoms with Gasteiger partial charge in [-0.15, -0.1) is 0 Å². The van der Waals surface area contributed by atoms with E-state index in [0.29, 0.717) is 17.7 Å². The molecule has 0 amide bonds. The van der Waals surface area contributed by atoms with Crippen molar-refractivity contribution in [3.05, 3.63) is 29.1 Å². The highest BCUT2D eigenvalue weighted by Crippen LogP contribution is 2.25. The zero-order valence-electron chi connectivity index (χ0n) is 8.56. The number of halogens is 1. The molecule has 0 aromatic heterocycles. The second-order valence-corrected chi connectivity index (χ2v) is 3.04. The van der Waals surface area contributed by atoms with Crippen LogP contribution in [0.2, 0.25) is 0 Å². The Hall–Kier alpha value is -1.38. The fraction of sp³-hybridized carbons (Fsp3) is 0.364. The number of hydrogen-bond acceptors (Lipinski definition) is 2. The third kappa shape index (κ3) is 1.92. The summed E-state index contributed by atoms with van der Waals surface area (Å²) in [5.74, 6) is -0.321. The van der Waals surface area contributed by atoms with Crippen LogP contribution < -0.4 is 4.74 Å². The minimum Gasteiger partial charge on any atom is -0.491 e. The molecule has 0 radical (unpaired) electrons. The van der Waals surface area contributed by atoms with Gasteiger partial charge in [0.15, 0.2) is 17.3 Å². The molecular weight excluding hydrogens is 183 g/mol. The monoisotopic (exact) mass is 196 g/mol. The molecule has 0 unspecified atom stereocenters. The highest BCUT2D eigenvalue weighted by Gasteiger charge is 2.13. The van der Waals surface area contributed by atoms with Gasteiger partial charge in [-0.25, -0.2) is 4.39 Å². The minimum absolute atomic E-state index is 0.0801. The van der Waals surface area contributed by atoms with Crippen LogP contribution in [0.1, 0.15) is 29.8 Å². The van der Waals surface area contributed by atoms with Gasteiger partial charge in [-0.3, -0.25) is 4.79 Å². The van der Waals surface area contributed by atoms with Gasteiger partial charge in [-0.05, 0) is 32.9 Å². The molecule has 1 aromatic rings. The molecule has 0 saturated heterocycles. The predicted octanol–water partition coefficient (Wildman–Crippen LogP) is 2.74. The average Bonchev–Trinajstić information content (AvgIpc) is 2.11. The largest absolute Gasteiger partial charge is 0.491 e. The Balaban J connectivity index is 3.26. The van der Waals surface area contributed by atoms with Gasteiger partial charge >= 0.3 is 0 Å². The van der Waals surface area contributed by atoms with Crippen molar-refractivity contribution in [2.75, 3.05) is 6.61 Å². The lowest BCUT2D eigenvalue weighted by molar-refractivity contribution is 0.101. The Morgan fingerprint density at radius 2 is 2.14 bits per heavy atom. The van der Waals surface area contributed by atoms with Gasteiger partial charge in [-0.1, -0.05) is 0 Å². The summed E-state index contributed by atoms with van der Waals surface area (Å²) in [6.45, 7) is 5.30. The van der Waals surface area contributed by atoms with Crippen LogP contribution in [0.5, 0.6) is 5.75 Å². The smallest absolute Gasteiger partial charge is 0.165 e. The number of benzene rings is 1. The maximum Gasteiger partial charge on any atom is 0.165 e. The molecule has 0 bridgehead atoms. The van der Waals surface area contributed by atoms with Crippen LogP contribution in [-0.2, 0) is 0 Å². The topological polar surface area (TPSA) is 26.3 Å². The number of carbonyl (C=O) groups is 1. The van der Waals surface area contributed by atoms with Crippen LogP contribution in [0.25, 0.3) is 0 Å². The first-order valence-electron chi connectivity index (χ1n) is 4.50. The maximum atomic E-state index is 13.2. The van der Waals surface area contributed by atoms with Crippen molar-refractivity contribution < 1.29 is 13.9 Å². The van der Waals surface area contributed by atoms with Crippen LogP contribution >= 0.6 is 0 Å². The molecule has 0 spiro atoms. The van der Waals surface area contributed by atoms with Crippen LogP contribution in [0.3, 0.4) is 0 Å². The van der Waals surface area contributed by atoms with Crippen molar-refractivity contribution >= 4 is 5.78 Å². The summed E-state index contributed by atoms with van der Waals surface area (Å²) in [5.41, 5.74) is 1.08. The third-order valence-electron chi connectivity index (χ3n) is 2.03. The van der Waals surface area contributed by atoms with Gasteiger partial charge in [-0.2, -0.15) is 0 Å². The molecular formula is C11H13FO2. The van der Waals surface area contributed by atoms with E-state index >= 15 is 0 Å². The summed E-state index contributed by atoms with van der Waals surface area (Å²) < 4.78 is 18.4. The van der Waals surface area contributed by atoms with Gasteiger partial charge in [0.25, 0.3) is 0 Å². The molecule has 0 aliphatic carbocycles. The second kappa shape index (κ2) is 4.22. The first kappa shape index (κ1) is 10.7. The maximum absolute atomic E-state index is 13.2. The zero-order chi connectivity index (χ0) is 10.7. The lowest BCUT2D eigenvalue weighted by Gasteiger charge is -2.10. The first-order chi connectivity index (χ1) is 6.57. The number of ketones is 1. The standard InChI is InChI=1S/C11H13FO2/c1-4-14-11-7(2)9(8(3)13)5-6-10(11)12/h5-6H,4H2,1-3H3. The summed E-state index contributed by atoms with van der Waals surface area (Å²) in [6.07, 6.45) is 0. The van der Waals surface area contributed by atoms with E-state index < -0.39 is 5.82 Å². The molecule has 0 saturated carbocycles. The van der Waals surface area contributed by atoms with E-state index in [-0.39, 0.29) is 11.5 Å². The molecule has 0 N–H and O–H groups in total.